The van der Waals surface area contributed by atoms with Crippen LogP contribution in [-0.2, 0) is 0 Å². The van der Waals surface area contributed by atoms with Crippen LogP contribution in [0.15, 0.2) is 24.3 Å². The fourth-order valence-corrected chi connectivity index (χ4v) is 1.09. The van der Waals surface area contributed by atoms with E-state index in [0.29, 0.717) is 6.54 Å². The minimum absolute atomic E-state index is 0.616. The van der Waals surface area contributed by atoms with Gasteiger partial charge in [0, 0.05) is 18.5 Å². The van der Waals surface area contributed by atoms with Gasteiger partial charge < -0.3 is 10.5 Å². The molecule has 0 bridgehead atoms. The summed E-state index contributed by atoms with van der Waals surface area (Å²) in [5, 5.41) is 0. The molecule has 0 aliphatic carbocycles. The van der Waals surface area contributed by atoms with E-state index in [0.717, 1.165) is 30.8 Å². The van der Waals surface area contributed by atoms with Gasteiger partial charge in [-0.3, -0.25) is 0 Å². The SMILES string of the molecule is CCCOc1ccc(C#CCCN)cc1. The first-order valence-electron chi connectivity index (χ1n) is 5.28. The quantitative estimate of drug-likeness (QED) is 0.761. The molecule has 0 aromatic heterocycles. The van der Waals surface area contributed by atoms with Crippen molar-refractivity contribution < 1.29 is 4.74 Å². The molecule has 1 aromatic rings. The lowest BCUT2D eigenvalue weighted by Gasteiger charge is -2.03. The Labute approximate surface area is 91.4 Å². The molecule has 2 heteroatoms. The number of nitrogens with two attached hydrogens (primary N) is 1. The van der Waals surface area contributed by atoms with Crippen molar-refractivity contribution in [3.8, 4) is 17.6 Å². The molecule has 80 valence electrons. The minimum atomic E-state index is 0.616. The van der Waals surface area contributed by atoms with Gasteiger partial charge in [0.15, 0.2) is 0 Å². The summed E-state index contributed by atoms with van der Waals surface area (Å²) in [6.45, 7) is 3.47. The lowest BCUT2D eigenvalue weighted by Crippen LogP contribution is -1.95. The molecule has 0 spiro atoms. The van der Waals surface area contributed by atoms with Crippen molar-refractivity contribution >= 4 is 0 Å². The molecule has 0 saturated heterocycles. The summed E-state index contributed by atoms with van der Waals surface area (Å²) in [7, 11) is 0. The molecule has 2 nitrogen and oxygen atoms in total. The summed E-state index contributed by atoms with van der Waals surface area (Å²) in [5.41, 5.74) is 6.36. The van der Waals surface area contributed by atoms with Crippen LogP contribution in [0.1, 0.15) is 25.3 Å². The van der Waals surface area contributed by atoms with Crippen LogP contribution in [0.3, 0.4) is 0 Å². The summed E-state index contributed by atoms with van der Waals surface area (Å²) in [4.78, 5) is 0. The molecule has 1 rings (SSSR count). The van der Waals surface area contributed by atoms with Crippen LogP contribution in [0.25, 0.3) is 0 Å². The van der Waals surface area contributed by atoms with Gasteiger partial charge in [-0.25, -0.2) is 0 Å². The van der Waals surface area contributed by atoms with E-state index in [1.807, 2.05) is 24.3 Å². The van der Waals surface area contributed by atoms with Gasteiger partial charge in [0.2, 0.25) is 0 Å². The summed E-state index contributed by atoms with van der Waals surface area (Å²) in [6, 6.07) is 7.83. The average molecular weight is 203 g/mol. The Hall–Kier alpha value is -1.46. The van der Waals surface area contributed by atoms with E-state index < -0.39 is 0 Å². The van der Waals surface area contributed by atoms with E-state index in [9.17, 15) is 0 Å². The van der Waals surface area contributed by atoms with E-state index in [-0.39, 0.29) is 0 Å². The zero-order valence-corrected chi connectivity index (χ0v) is 9.12. The summed E-state index contributed by atoms with van der Waals surface area (Å²) in [5.74, 6) is 6.95. The van der Waals surface area contributed by atoms with Crippen LogP contribution in [-0.4, -0.2) is 13.2 Å². The predicted octanol–water partition coefficient (Wildman–Crippen LogP) is 2.18. The van der Waals surface area contributed by atoms with E-state index in [1.165, 1.54) is 0 Å². The van der Waals surface area contributed by atoms with Gasteiger partial charge in [-0.1, -0.05) is 18.8 Å². The number of ether oxygens (including phenoxy) is 1. The van der Waals surface area contributed by atoms with Crippen molar-refractivity contribution in [2.24, 2.45) is 5.73 Å². The first-order chi connectivity index (χ1) is 7.36. The molecule has 0 atom stereocenters. The van der Waals surface area contributed by atoms with Crippen LogP contribution >= 0.6 is 0 Å². The summed E-state index contributed by atoms with van der Waals surface area (Å²) >= 11 is 0. The first kappa shape index (κ1) is 11.6. The maximum absolute atomic E-state index is 5.47. The third kappa shape index (κ3) is 4.53. The second kappa shape index (κ2) is 6.92. The molecular weight excluding hydrogens is 186 g/mol. The molecule has 0 amide bonds. The maximum atomic E-state index is 5.47. The fourth-order valence-electron chi connectivity index (χ4n) is 1.09. The van der Waals surface area contributed by atoms with Crippen LogP contribution in [0.4, 0.5) is 0 Å². The third-order valence-electron chi connectivity index (χ3n) is 1.83. The van der Waals surface area contributed by atoms with E-state index in [4.69, 9.17) is 10.5 Å². The molecule has 15 heavy (non-hydrogen) atoms. The van der Waals surface area contributed by atoms with Crippen molar-refractivity contribution in [2.75, 3.05) is 13.2 Å². The molecule has 1 aromatic carbocycles. The van der Waals surface area contributed by atoms with Crippen molar-refractivity contribution in [1.29, 1.82) is 0 Å². The van der Waals surface area contributed by atoms with Crippen molar-refractivity contribution in [2.45, 2.75) is 19.8 Å². The van der Waals surface area contributed by atoms with Crippen LogP contribution in [0.5, 0.6) is 5.75 Å². The second-order valence-corrected chi connectivity index (χ2v) is 3.21. The highest BCUT2D eigenvalue weighted by atomic mass is 16.5. The third-order valence-corrected chi connectivity index (χ3v) is 1.83. The number of hydrogen-bond acceptors (Lipinski definition) is 2. The van der Waals surface area contributed by atoms with Gasteiger partial charge in [0.25, 0.3) is 0 Å². The Morgan fingerprint density at radius 3 is 2.60 bits per heavy atom. The van der Waals surface area contributed by atoms with Gasteiger partial charge >= 0.3 is 0 Å². The molecule has 0 saturated carbocycles. The Morgan fingerprint density at radius 1 is 1.27 bits per heavy atom. The zero-order chi connectivity index (χ0) is 10.9. The zero-order valence-electron chi connectivity index (χ0n) is 9.12. The van der Waals surface area contributed by atoms with Gasteiger partial charge in [0.05, 0.1) is 6.61 Å². The predicted molar refractivity (Wildman–Crippen MR) is 62.8 cm³/mol. The van der Waals surface area contributed by atoms with E-state index in [2.05, 4.69) is 18.8 Å². The fraction of sp³-hybridized carbons (Fsp3) is 0.385. The lowest BCUT2D eigenvalue weighted by molar-refractivity contribution is 0.317. The lowest BCUT2D eigenvalue weighted by atomic mass is 10.2. The molecule has 0 aliphatic heterocycles. The first-order valence-corrected chi connectivity index (χ1v) is 5.28. The maximum Gasteiger partial charge on any atom is 0.119 e. The number of benzene rings is 1. The molecule has 2 N–H and O–H groups in total. The second-order valence-electron chi connectivity index (χ2n) is 3.21. The van der Waals surface area contributed by atoms with Crippen molar-refractivity contribution in [1.82, 2.24) is 0 Å². The normalized spacial score (nSPS) is 9.20. The smallest absolute Gasteiger partial charge is 0.119 e. The van der Waals surface area contributed by atoms with E-state index >= 15 is 0 Å². The Balaban J connectivity index is 2.53. The van der Waals surface area contributed by atoms with Gasteiger partial charge in [-0.05, 0) is 30.7 Å². The molecule has 0 aliphatic rings. The Kier molecular flexibility index (Phi) is 5.35. The molecule has 0 heterocycles. The van der Waals surface area contributed by atoms with Gasteiger partial charge in [-0.2, -0.15) is 0 Å². The van der Waals surface area contributed by atoms with Crippen LogP contribution in [0, 0.1) is 11.8 Å². The Morgan fingerprint density at radius 2 is 2.00 bits per heavy atom. The minimum Gasteiger partial charge on any atom is -0.494 e. The van der Waals surface area contributed by atoms with E-state index in [1.54, 1.807) is 0 Å². The highest BCUT2D eigenvalue weighted by Gasteiger charge is 1.91. The average Bonchev–Trinajstić information content (AvgIpc) is 2.28. The molecule has 0 unspecified atom stereocenters. The highest BCUT2D eigenvalue weighted by Crippen LogP contribution is 2.11. The monoisotopic (exact) mass is 203 g/mol. The largest absolute Gasteiger partial charge is 0.494 e. The topological polar surface area (TPSA) is 35.2 Å². The highest BCUT2D eigenvalue weighted by molar-refractivity contribution is 5.38. The standard InChI is InChI=1S/C13H17NO/c1-2-11-15-13-8-6-12(7-9-13)5-3-4-10-14/h6-9H,2,4,10-11,14H2,1H3. The van der Waals surface area contributed by atoms with Crippen LogP contribution < -0.4 is 10.5 Å². The molecular formula is C13H17NO. The Bertz CT molecular complexity index is 332. The van der Waals surface area contributed by atoms with Crippen molar-refractivity contribution in [3.63, 3.8) is 0 Å². The summed E-state index contributed by atoms with van der Waals surface area (Å²) in [6.07, 6.45) is 1.77. The number of hydrogen-bond donors (Lipinski definition) is 1. The van der Waals surface area contributed by atoms with Gasteiger partial charge in [-0.15, -0.1) is 0 Å². The van der Waals surface area contributed by atoms with Crippen LogP contribution in [0.2, 0.25) is 0 Å². The van der Waals surface area contributed by atoms with Crippen molar-refractivity contribution in [3.05, 3.63) is 29.8 Å². The molecule has 0 fully saturated rings. The van der Waals surface area contributed by atoms with Gasteiger partial charge in [0.1, 0.15) is 5.75 Å². The summed E-state index contributed by atoms with van der Waals surface area (Å²) < 4.78 is 5.47. The molecule has 0 radical (unpaired) electrons. The number of rotatable bonds is 4.